The van der Waals surface area contributed by atoms with Gasteiger partial charge in [-0.15, -0.1) is 0 Å². The zero-order valence-corrected chi connectivity index (χ0v) is 12.6. The molecular weight excluding hydrogens is 244 g/mol. The van der Waals surface area contributed by atoms with E-state index in [0.717, 1.165) is 25.7 Å². The van der Waals surface area contributed by atoms with Gasteiger partial charge in [-0.25, -0.2) is 9.59 Å². The third-order valence-corrected chi connectivity index (χ3v) is 2.84. The molecule has 0 saturated carbocycles. The first-order chi connectivity index (χ1) is 9.08. The molecule has 0 fully saturated rings. The van der Waals surface area contributed by atoms with E-state index in [1.54, 1.807) is 20.8 Å². The van der Waals surface area contributed by atoms with Gasteiger partial charge in [0, 0.05) is 11.1 Å². The van der Waals surface area contributed by atoms with Crippen molar-refractivity contribution in [2.75, 3.05) is 13.2 Å². The van der Waals surface area contributed by atoms with Crippen LogP contribution in [0.3, 0.4) is 0 Å². The highest BCUT2D eigenvalue weighted by Gasteiger charge is 2.19. The minimum atomic E-state index is -0.430. The molecule has 110 valence electrons. The van der Waals surface area contributed by atoms with E-state index in [4.69, 9.17) is 9.47 Å². The molecule has 0 radical (unpaired) electrons. The molecule has 0 aromatic rings. The van der Waals surface area contributed by atoms with Gasteiger partial charge in [-0.3, -0.25) is 0 Å². The molecule has 0 aliphatic carbocycles. The van der Waals surface area contributed by atoms with Crippen molar-refractivity contribution in [2.24, 2.45) is 0 Å². The van der Waals surface area contributed by atoms with E-state index >= 15 is 0 Å². The molecule has 0 atom stereocenters. The molecule has 4 heteroatoms. The van der Waals surface area contributed by atoms with Gasteiger partial charge < -0.3 is 9.47 Å². The standard InChI is InChI=1S/C15H26O4/c1-5-8-9-10-11-13(15(17)19-7-3)12(4)14(16)18-6-2/h5-11H2,1-4H3. The molecule has 0 heterocycles. The molecular formula is C15H26O4. The van der Waals surface area contributed by atoms with E-state index < -0.39 is 11.9 Å². The Hall–Kier alpha value is -1.32. The van der Waals surface area contributed by atoms with Crippen LogP contribution >= 0.6 is 0 Å². The first kappa shape index (κ1) is 17.7. The lowest BCUT2D eigenvalue weighted by Crippen LogP contribution is -2.15. The van der Waals surface area contributed by atoms with Crippen molar-refractivity contribution in [1.82, 2.24) is 0 Å². The van der Waals surface area contributed by atoms with Crippen LogP contribution in [0.15, 0.2) is 11.1 Å². The minimum absolute atomic E-state index is 0.308. The monoisotopic (exact) mass is 270 g/mol. The minimum Gasteiger partial charge on any atom is -0.463 e. The molecule has 0 unspecified atom stereocenters. The van der Waals surface area contributed by atoms with E-state index in [1.165, 1.54) is 0 Å². The van der Waals surface area contributed by atoms with Crippen molar-refractivity contribution in [3.63, 3.8) is 0 Å². The maximum absolute atomic E-state index is 11.9. The van der Waals surface area contributed by atoms with E-state index in [1.807, 2.05) is 0 Å². The van der Waals surface area contributed by atoms with Gasteiger partial charge in [0.25, 0.3) is 0 Å². The SMILES string of the molecule is CCCCCCC(C(=O)OCC)=C(C)C(=O)OCC. The molecule has 0 rings (SSSR count). The molecule has 0 aliphatic rings. The molecule has 0 aromatic carbocycles. The second-order valence-electron chi connectivity index (χ2n) is 4.36. The summed E-state index contributed by atoms with van der Waals surface area (Å²) in [6.07, 6.45) is 4.78. The summed E-state index contributed by atoms with van der Waals surface area (Å²) in [5.41, 5.74) is 0.827. The Morgan fingerprint density at radius 3 is 1.95 bits per heavy atom. The van der Waals surface area contributed by atoms with Crippen LogP contribution in [0.2, 0.25) is 0 Å². The van der Waals surface area contributed by atoms with Crippen LogP contribution in [-0.2, 0) is 19.1 Å². The van der Waals surface area contributed by atoms with Crippen molar-refractivity contribution in [1.29, 1.82) is 0 Å². The van der Waals surface area contributed by atoms with E-state index in [0.29, 0.717) is 30.8 Å². The number of carbonyl (C=O) groups is 2. The second-order valence-corrected chi connectivity index (χ2v) is 4.36. The number of ether oxygens (including phenoxy) is 2. The first-order valence-corrected chi connectivity index (χ1v) is 7.12. The molecule has 19 heavy (non-hydrogen) atoms. The number of rotatable bonds is 9. The highest BCUT2D eigenvalue weighted by molar-refractivity contribution is 5.99. The van der Waals surface area contributed by atoms with E-state index in [9.17, 15) is 9.59 Å². The van der Waals surface area contributed by atoms with Crippen LogP contribution in [0, 0.1) is 0 Å². The van der Waals surface area contributed by atoms with Crippen molar-refractivity contribution < 1.29 is 19.1 Å². The lowest BCUT2D eigenvalue weighted by molar-refractivity contribution is -0.141. The van der Waals surface area contributed by atoms with Crippen LogP contribution in [0.4, 0.5) is 0 Å². The van der Waals surface area contributed by atoms with Gasteiger partial charge in [-0.05, 0) is 33.6 Å². The molecule has 0 amide bonds. The topological polar surface area (TPSA) is 52.6 Å². The highest BCUT2D eigenvalue weighted by atomic mass is 16.5. The van der Waals surface area contributed by atoms with Crippen LogP contribution in [-0.4, -0.2) is 25.2 Å². The molecule has 0 aromatic heterocycles. The molecule has 0 spiro atoms. The second kappa shape index (κ2) is 10.6. The molecule has 0 saturated heterocycles. The summed E-state index contributed by atoms with van der Waals surface area (Å²) in [5.74, 6) is -0.828. The van der Waals surface area contributed by atoms with Crippen LogP contribution in [0.5, 0.6) is 0 Å². The Morgan fingerprint density at radius 1 is 0.842 bits per heavy atom. The molecule has 0 aliphatic heterocycles. The first-order valence-electron chi connectivity index (χ1n) is 7.12. The zero-order chi connectivity index (χ0) is 14.7. The van der Waals surface area contributed by atoms with Gasteiger partial charge in [-0.2, -0.15) is 0 Å². The van der Waals surface area contributed by atoms with E-state index in [2.05, 4.69) is 6.92 Å². The maximum atomic E-state index is 11.9. The summed E-state index contributed by atoms with van der Waals surface area (Å²) in [4.78, 5) is 23.6. The van der Waals surface area contributed by atoms with Gasteiger partial charge >= 0.3 is 11.9 Å². The Bertz CT molecular complexity index is 318. The third kappa shape index (κ3) is 6.99. The summed E-state index contributed by atoms with van der Waals surface area (Å²) in [5, 5.41) is 0. The van der Waals surface area contributed by atoms with Gasteiger partial charge in [0.2, 0.25) is 0 Å². The van der Waals surface area contributed by atoms with Crippen LogP contribution in [0.25, 0.3) is 0 Å². The quantitative estimate of drug-likeness (QED) is 0.366. The Kier molecular flexibility index (Phi) is 9.85. The Labute approximate surface area is 116 Å². The zero-order valence-electron chi connectivity index (χ0n) is 12.6. The maximum Gasteiger partial charge on any atom is 0.334 e. The number of hydrogen-bond donors (Lipinski definition) is 0. The molecule has 0 N–H and O–H groups in total. The average Bonchev–Trinajstić information content (AvgIpc) is 2.38. The van der Waals surface area contributed by atoms with Crippen molar-refractivity contribution >= 4 is 11.9 Å². The fourth-order valence-electron chi connectivity index (χ4n) is 1.75. The number of carbonyl (C=O) groups excluding carboxylic acids is 2. The summed E-state index contributed by atoms with van der Waals surface area (Å²) < 4.78 is 9.94. The predicted octanol–water partition coefficient (Wildman–Crippen LogP) is 3.40. The summed E-state index contributed by atoms with van der Waals surface area (Å²) in [6, 6.07) is 0. The van der Waals surface area contributed by atoms with E-state index in [-0.39, 0.29) is 0 Å². The number of unbranched alkanes of at least 4 members (excludes halogenated alkanes) is 3. The fourth-order valence-corrected chi connectivity index (χ4v) is 1.75. The smallest absolute Gasteiger partial charge is 0.334 e. The van der Waals surface area contributed by atoms with Gasteiger partial charge in [-0.1, -0.05) is 26.2 Å². The molecule has 0 bridgehead atoms. The third-order valence-electron chi connectivity index (χ3n) is 2.84. The Balaban J connectivity index is 4.77. The van der Waals surface area contributed by atoms with Crippen LogP contribution < -0.4 is 0 Å². The Morgan fingerprint density at radius 2 is 1.42 bits per heavy atom. The lowest BCUT2D eigenvalue weighted by Gasteiger charge is -2.11. The van der Waals surface area contributed by atoms with Crippen LogP contribution in [0.1, 0.15) is 59.8 Å². The van der Waals surface area contributed by atoms with Gasteiger partial charge in [0.15, 0.2) is 0 Å². The summed E-state index contributed by atoms with van der Waals surface area (Å²) >= 11 is 0. The van der Waals surface area contributed by atoms with Crippen molar-refractivity contribution in [3.05, 3.63) is 11.1 Å². The summed E-state index contributed by atoms with van der Waals surface area (Å²) in [7, 11) is 0. The molecule has 4 nitrogen and oxygen atoms in total. The fraction of sp³-hybridized carbons (Fsp3) is 0.733. The summed E-state index contributed by atoms with van der Waals surface area (Å²) in [6.45, 7) is 7.88. The normalized spacial score (nSPS) is 11.8. The average molecular weight is 270 g/mol. The largest absolute Gasteiger partial charge is 0.463 e. The lowest BCUT2D eigenvalue weighted by atomic mass is 10.0. The predicted molar refractivity (Wildman–Crippen MR) is 74.7 cm³/mol. The number of esters is 2. The van der Waals surface area contributed by atoms with Crippen molar-refractivity contribution in [3.8, 4) is 0 Å². The van der Waals surface area contributed by atoms with Gasteiger partial charge in [0.1, 0.15) is 0 Å². The highest BCUT2D eigenvalue weighted by Crippen LogP contribution is 2.17. The van der Waals surface area contributed by atoms with Crippen molar-refractivity contribution in [2.45, 2.75) is 59.8 Å². The van der Waals surface area contributed by atoms with Gasteiger partial charge in [0.05, 0.1) is 13.2 Å². The number of hydrogen-bond acceptors (Lipinski definition) is 4.